The zero-order valence-corrected chi connectivity index (χ0v) is 10.7. The summed E-state index contributed by atoms with van der Waals surface area (Å²) < 4.78 is 4.83. The van der Waals surface area contributed by atoms with Gasteiger partial charge in [-0.2, -0.15) is 0 Å². The molecule has 0 aliphatic heterocycles. The van der Waals surface area contributed by atoms with Gasteiger partial charge in [-0.15, -0.1) is 0 Å². The van der Waals surface area contributed by atoms with Gasteiger partial charge in [0.1, 0.15) is 6.04 Å². The van der Waals surface area contributed by atoms with Crippen LogP contribution in [0.4, 0.5) is 4.79 Å². The summed E-state index contributed by atoms with van der Waals surface area (Å²) in [5, 5.41) is 14.0. The van der Waals surface area contributed by atoms with E-state index in [1.54, 1.807) is 14.0 Å². The van der Waals surface area contributed by atoms with E-state index in [1.807, 2.05) is 6.92 Å². The third-order valence-electron chi connectivity index (χ3n) is 2.58. The van der Waals surface area contributed by atoms with Crippen LogP contribution in [-0.4, -0.2) is 43.4 Å². The van der Waals surface area contributed by atoms with Gasteiger partial charge in [-0.25, -0.2) is 9.59 Å². The minimum Gasteiger partial charge on any atom is -0.480 e. The molecule has 0 spiro atoms. The van der Waals surface area contributed by atoms with E-state index >= 15 is 0 Å². The number of amides is 2. The van der Waals surface area contributed by atoms with E-state index in [2.05, 4.69) is 10.6 Å². The van der Waals surface area contributed by atoms with E-state index in [1.165, 1.54) is 0 Å². The van der Waals surface area contributed by atoms with Crippen molar-refractivity contribution < 1.29 is 19.4 Å². The smallest absolute Gasteiger partial charge is 0.326 e. The fraction of sp³-hybridized carbons (Fsp3) is 0.818. The van der Waals surface area contributed by atoms with Gasteiger partial charge in [-0.05, 0) is 12.3 Å². The Morgan fingerprint density at radius 2 is 2.06 bits per heavy atom. The molecule has 2 atom stereocenters. The standard InChI is InChI=1S/C11H22N2O4/c1-4-8(2)9(10(14)15)13-11(16)12-6-5-7-17-3/h8-9H,4-7H2,1-3H3,(H,14,15)(H2,12,13,16). The second kappa shape index (κ2) is 8.81. The Balaban J connectivity index is 4.00. The predicted molar refractivity (Wildman–Crippen MR) is 63.9 cm³/mol. The number of nitrogens with one attached hydrogen (secondary N) is 2. The van der Waals surface area contributed by atoms with Gasteiger partial charge in [-0.3, -0.25) is 0 Å². The molecular weight excluding hydrogens is 224 g/mol. The monoisotopic (exact) mass is 246 g/mol. The van der Waals surface area contributed by atoms with E-state index < -0.39 is 18.0 Å². The first-order valence-corrected chi connectivity index (χ1v) is 5.79. The minimum absolute atomic E-state index is 0.0998. The number of carboxylic acid groups (broad SMARTS) is 1. The van der Waals surface area contributed by atoms with Gasteiger partial charge in [0.05, 0.1) is 0 Å². The van der Waals surface area contributed by atoms with E-state index in [9.17, 15) is 9.59 Å². The van der Waals surface area contributed by atoms with Crippen LogP contribution in [0.25, 0.3) is 0 Å². The Morgan fingerprint density at radius 1 is 1.41 bits per heavy atom. The highest BCUT2D eigenvalue weighted by molar-refractivity contribution is 5.82. The molecule has 0 aliphatic carbocycles. The number of carbonyl (C=O) groups excluding carboxylic acids is 1. The molecule has 17 heavy (non-hydrogen) atoms. The van der Waals surface area contributed by atoms with E-state index in [-0.39, 0.29) is 5.92 Å². The Bertz CT molecular complexity index is 246. The molecule has 0 aromatic carbocycles. The molecule has 0 saturated carbocycles. The summed E-state index contributed by atoms with van der Waals surface area (Å²) >= 11 is 0. The van der Waals surface area contributed by atoms with Crippen molar-refractivity contribution in [3.63, 3.8) is 0 Å². The summed E-state index contributed by atoms with van der Waals surface area (Å²) in [6, 6.07) is -1.30. The van der Waals surface area contributed by atoms with Crippen molar-refractivity contribution in [3.05, 3.63) is 0 Å². The van der Waals surface area contributed by atoms with Gasteiger partial charge < -0.3 is 20.5 Å². The zero-order chi connectivity index (χ0) is 13.3. The molecule has 0 rings (SSSR count). The molecule has 0 fully saturated rings. The average Bonchev–Trinajstić information content (AvgIpc) is 2.30. The molecule has 3 N–H and O–H groups in total. The first kappa shape index (κ1) is 15.7. The topological polar surface area (TPSA) is 87.7 Å². The van der Waals surface area contributed by atoms with Crippen LogP contribution in [0.3, 0.4) is 0 Å². The van der Waals surface area contributed by atoms with Gasteiger partial charge in [0.2, 0.25) is 0 Å². The van der Waals surface area contributed by atoms with Gasteiger partial charge in [0.15, 0.2) is 0 Å². The molecule has 0 aromatic heterocycles. The second-order valence-electron chi connectivity index (χ2n) is 3.95. The van der Waals surface area contributed by atoms with Crippen LogP contribution in [-0.2, 0) is 9.53 Å². The predicted octanol–water partition coefficient (Wildman–Crippen LogP) is 0.821. The van der Waals surface area contributed by atoms with Crippen molar-refractivity contribution in [1.82, 2.24) is 10.6 Å². The maximum atomic E-state index is 11.4. The third-order valence-corrected chi connectivity index (χ3v) is 2.58. The average molecular weight is 246 g/mol. The van der Waals surface area contributed by atoms with Crippen molar-refractivity contribution in [2.75, 3.05) is 20.3 Å². The number of urea groups is 1. The van der Waals surface area contributed by atoms with E-state index in [4.69, 9.17) is 9.84 Å². The van der Waals surface area contributed by atoms with Crippen LogP contribution in [0, 0.1) is 5.92 Å². The van der Waals surface area contributed by atoms with Crippen molar-refractivity contribution >= 4 is 12.0 Å². The number of aliphatic carboxylic acids is 1. The van der Waals surface area contributed by atoms with Crippen LogP contribution >= 0.6 is 0 Å². The highest BCUT2D eigenvalue weighted by atomic mass is 16.5. The quantitative estimate of drug-likeness (QED) is 0.553. The third kappa shape index (κ3) is 6.78. The Kier molecular flexibility index (Phi) is 8.13. The minimum atomic E-state index is -1.01. The molecule has 0 aromatic rings. The lowest BCUT2D eigenvalue weighted by Crippen LogP contribution is -2.49. The number of ether oxygens (including phenoxy) is 1. The van der Waals surface area contributed by atoms with Crippen molar-refractivity contribution in [2.45, 2.75) is 32.7 Å². The summed E-state index contributed by atoms with van der Waals surface area (Å²) in [6.07, 6.45) is 1.39. The molecule has 6 nitrogen and oxygen atoms in total. The first-order chi connectivity index (χ1) is 8.02. The zero-order valence-electron chi connectivity index (χ0n) is 10.7. The van der Waals surface area contributed by atoms with Crippen molar-refractivity contribution in [3.8, 4) is 0 Å². The molecule has 100 valence electrons. The van der Waals surface area contributed by atoms with Crippen LogP contribution in [0.5, 0.6) is 0 Å². The maximum Gasteiger partial charge on any atom is 0.326 e. The second-order valence-corrected chi connectivity index (χ2v) is 3.95. The van der Waals surface area contributed by atoms with Crippen LogP contribution in [0.2, 0.25) is 0 Å². The molecule has 2 unspecified atom stereocenters. The first-order valence-electron chi connectivity index (χ1n) is 5.79. The molecule has 6 heteroatoms. The summed E-state index contributed by atoms with van der Waals surface area (Å²) in [6.45, 7) is 4.71. The Morgan fingerprint density at radius 3 is 2.53 bits per heavy atom. The number of hydrogen-bond donors (Lipinski definition) is 3. The highest BCUT2D eigenvalue weighted by Crippen LogP contribution is 2.07. The lowest BCUT2D eigenvalue weighted by atomic mass is 9.99. The van der Waals surface area contributed by atoms with E-state index in [0.717, 1.165) is 0 Å². The lowest BCUT2D eigenvalue weighted by molar-refractivity contribution is -0.140. The lowest BCUT2D eigenvalue weighted by Gasteiger charge is -2.20. The van der Waals surface area contributed by atoms with Crippen LogP contribution < -0.4 is 10.6 Å². The van der Waals surface area contributed by atoms with Crippen molar-refractivity contribution in [2.24, 2.45) is 5.92 Å². The molecule has 0 bridgehead atoms. The summed E-state index contributed by atoms with van der Waals surface area (Å²) in [7, 11) is 1.59. The largest absolute Gasteiger partial charge is 0.480 e. The Hall–Kier alpha value is -1.30. The number of carbonyl (C=O) groups is 2. The number of methoxy groups -OCH3 is 1. The summed E-state index contributed by atoms with van der Waals surface area (Å²) in [5.41, 5.74) is 0. The van der Waals surface area contributed by atoms with Crippen LogP contribution in [0.1, 0.15) is 26.7 Å². The molecule has 0 heterocycles. The Labute approximate surface area is 102 Å². The van der Waals surface area contributed by atoms with Crippen molar-refractivity contribution in [1.29, 1.82) is 0 Å². The molecule has 0 saturated heterocycles. The SMILES string of the molecule is CCC(C)C(NC(=O)NCCCOC)C(=O)O. The van der Waals surface area contributed by atoms with Gasteiger partial charge in [-0.1, -0.05) is 20.3 Å². The molecular formula is C11H22N2O4. The number of hydrogen-bond acceptors (Lipinski definition) is 3. The normalized spacial score (nSPS) is 13.8. The van der Waals surface area contributed by atoms with Gasteiger partial charge in [0, 0.05) is 20.3 Å². The maximum absolute atomic E-state index is 11.4. The number of rotatable bonds is 8. The summed E-state index contributed by atoms with van der Waals surface area (Å²) in [4.78, 5) is 22.4. The van der Waals surface area contributed by atoms with Gasteiger partial charge >= 0.3 is 12.0 Å². The number of carboxylic acids is 1. The molecule has 2 amide bonds. The fourth-order valence-corrected chi connectivity index (χ4v) is 1.29. The molecule has 0 radical (unpaired) electrons. The summed E-state index contributed by atoms with van der Waals surface area (Å²) in [5.74, 6) is -1.11. The van der Waals surface area contributed by atoms with Crippen LogP contribution in [0.15, 0.2) is 0 Å². The molecule has 0 aliphatic rings. The van der Waals surface area contributed by atoms with Gasteiger partial charge in [0.25, 0.3) is 0 Å². The fourth-order valence-electron chi connectivity index (χ4n) is 1.29. The highest BCUT2D eigenvalue weighted by Gasteiger charge is 2.24. The van der Waals surface area contributed by atoms with E-state index in [0.29, 0.717) is 26.0 Å².